The Kier molecular flexibility index (Phi) is 5.17. The minimum absolute atomic E-state index is 0.0185. The van der Waals surface area contributed by atoms with Crippen molar-refractivity contribution in [3.8, 4) is 0 Å². The van der Waals surface area contributed by atoms with Crippen molar-refractivity contribution in [1.82, 2.24) is 14.8 Å². The van der Waals surface area contributed by atoms with Crippen molar-refractivity contribution >= 4 is 23.2 Å². The maximum atomic E-state index is 11.9. The van der Waals surface area contributed by atoms with Crippen molar-refractivity contribution in [2.45, 2.75) is 45.7 Å². The first kappa shape index (κ1) is 15.8. The summed E-state index contributed by atoms with van der Waals surface area (Å²) >= 11 is 1.16. The summed E-state index contributed by atoms with van der Waals surface area (Å²) in [7, 11) is 0. The van der Waals surface area contributed by atoms with E-state index in [0.717, 1.165) is 29.9 Å². The Labute approximate surface area is 127 Å². The average Bonchev–Trinajstić information content (AvgIpc) is 2.76. The number of amides is 2. The maximum Gasteiger partial charge on any atom is 0.307 e. The van der Waals surface area contributed by atoms with Gasteiger partial charge in [-0.3, -0.25) is 14.4 Å². The van der Waals surface area contributed by atoms with E-state index in [0.29, 0.717) is 26.1 Å². The molecule has 0 aliphatic carbocycles. The van der Waals surface area contributed by atoms with E-state index in [1.807, 2.05) is 6.92 Å². The molecule has 0 bridgehead atoms. The molecule has 0 saturated carbocycles. The molecule has 0 atom stereocenters. The van der Waals surface area contributed by atoms with Gasteiger partial charge in [-0.1, -0.05) is 11.3 Å². The van der Waals surface area contributed by atoms with Crippen LogP contribution in [0.3, 0.4) is 0 Å². The first-order chi connectivity index (χ1) is 9.97. The third-order valence-electron chi connectivity index (χ3n) is 3.84. The third-order valence-corrected chi connectivity index (χ3v) is 4.73. The number of carbonyl (C=O) groups excluding carboxylic acids is 2. The van der Waals surface area contributed by atoms with Crippen LogP contribution in [0.4, 0.5) is 0 Å². The van der Waals surface area contributed by atoms with Gasteiger partial charge in [0, 0.05) is 50.1 Å². The largest absolute Gasteiger partial charge is 0.353 e. The van der Waals surface area contributed by atoms with Crippen LogP contribution in [0, 0.1) is 6.92 Å². The van der Waals surface area contributed by atoms with Crippen molar-refractivity contribution in [3.05, 3.63) is 20.7 Å². The van der Waals surface area contributed by atoms with Gasteiger partial charge in [-0.05, 0) is 19.8 Å². The lowest BCUT2D eigenvalue weighted by atomic mass is 10.0. The first-order valence-corrected chi connectivity index (χ1v) is 8.05. The van der Waals surface area contributed by atoms with Gasteiger partial charge in [-0.15, -0.1) is 0 Å². The van der Waals surface area contributed by atoms with Gasteiger partial charge in [0.2, 0.25) is 11.8 Å². The Morgan fingerprint density at radius 2 is 2.05 bits per heavy atom. The summed E-state index contributed by atoms with van der Waals surface area (Å²) in [6.07, 6.45) is 1.90. The van der Waals surface area contributed by atoms with Crippen LogP contribution in [0.1, 0.15) is 31.9 Å². The van der Waals surface area contributed by atoms with Crippen LogP contribution in [-0.2, 0) is 16.1 Å². The van der Waals surface area contributed by atoms with Crippen molar-refractivity contribution in [2.24, 2.45) is 0 Å². The standard InChI is InChI=1S/C14H21N3O3S/c1-10-9-21-14(20)17(10)8-5-13(19)15-12-3-6-16(7-4-12)11(2)18/h9,12H,3-8H2,1-2H3,(H,15,19). The van der Waals surface area contributed by atoms with Gasteiger partial charge in [-0.25, -0.2) is 0 Å². The van der Waals surface area contributed by atoms with E-state index in [-0.39, 0.29) is 22.7 Å². The van der Waals surface area contributed by atoms with E-state index >= 15 is 0 Å². The smallest absolute Gasteiger partial charge is 0.307 e. The van der Waals surface area contributed by atoms with Gasteiger partial charge in [0.25, 0.3) is 0 Å². The molecule has 1 aliphatic rings. The average molecular weight is 311 g/mol. The number of likely N-dealkylation sites (tertiary alicyclic amines) is 1. The lowest BCUT2D eigenvalue weighted by Crippen LogP contribution is -2.46. The molecule has 7 heteroatoms. The van der Waals surface area contributed by atoms with E-state index in [2.05, 4.69) is 5.32 Å². The highest BCUT2D eigenvalue weighted by Crippen LogP contribution is 2.10. The Balaban J connectivity index is 1.76. The number of nitrogens with one attached hydrogen (secondary N) is 1. The molecule has 1 aromatic rings. The molecule has 2 rings (SSSR count). The first-order valence-electron chi connectivity index (χ1n) is 7.17. The summed E-state index contributed by atoms with van der Waals surface area (Å²) in [5.41, 5.74) is 0.896. The van der Waals surface area contributed by atoms with E-state index in [9.17, 15) is 14.4 Å². The Morgan fingerprint density at radius 3 is 2.57 bits per heavy atom. The molecule has 1 aromatic heterocycles. The van der Waals surface area contributed by atoms with Gasteiger partial charge in [0.15, 0.2) is 0 Å². The highest BCUT2D eigenvalue weighted by Gasteiger charge is 2.21. The molecule has 1 N–H and O–H groups in total. The van der Waals surface area contributed by atoms with Gasteiger partial charge in [0.1, 0.15) is 0 Å². The van der Waals surface area contributed by atoms with Crippen LogP contribution in [0.5, 0.6) is 0 Å². The van der Waals surface area contributed by atoms with E-state index in [1.54, 1.807) is 21.8 Å². The van der Waals surface area contributed by atoms with Crippen LogP contribution in [-0.4, -0.2) is 40.4 Å². The maximum absolute atomic E-state index is 11.9. The second-order valence-corrected chi connectivity index (χ2v) is 6.21. The van der Waals surface area contributed by atoms with Gasteiger partial charge in [0.05, 0.1) is 0 Å². The molecule has 0 spiro atoms. The molecule has 0 aromatic carbocycles. The number of aromatic nitrogens is 1. The van der Waals surface area contributed by atoms with Crippen molar-refractivity contribution in [1.29, 1.82) is 0 Å². The summed E-state index contributed by atoms with van der Waals surface area (Å²) in [6, 6.07) is 0.133. The van der Waals surface area contributed by atoms with Crippen LogP contribution >= 0.6 is 11.3 Å². The second kappa shape index (κ2) is 6.89. The Morgan fingerprint density at radius 1 is 1.38 bits per heavy atom. The minimum atomic E-state index is -0.0335. The fraction of sp³-hybridized carbons (Fsp3) is 0.643. The molecule has 1 saturated heterocycles. The number of piperidine rings is 1. The summed E-state index contributed by atoms with van der Waals surface area (Å²) in [6.45, 7) is 5.26. The summed E-state index contributed by atoms with van der Waals surface area (Å²) in [5.74, 6) is 0.0564. The Bertz CT molecular complexity index is 570. The Hall–Kier alpha value is -1.63. The number of nitrogens with zero attached hydrogens (tertiary/aromatic N) is 2. The highest BCUT2D eigenvalue weighted by molar-refractivity contribution is 7.07. The van der Waals surface area contributed by atoms with Crippen LogP contribution in [0.25, 0.3) is 0 Å². The fourth-order valence-electron chi connectivity index (χ4n) is 2.53. The number of hydrogen-bond acceptors (Lipinski definition) is 4. The molecule has 116 valence electrons. The number of aryl methyl sites for hydroxylation is 1. The van der Waals surface area contributed by atoms with Crippen molar-refractivity contribution < 1.29 is 9.59 Å². The summed E-state index contributed by atoms with van der Waals surface area (Å²) in [4.78, 5) is 36.5. The normalized spacial score (nSPS) is 16.0. The zero-order chi connectivity index (χ0) is 15.4. The predicted octanol–water partition coefficient (Wildman–Crippen LogP) is 0.735. The zero-order valence-electron chi connectivity index (χ0n) is 12.4. The predicted molar refractivity (Wildman–Crippen MR) is 81.4 cm³/mol. The van der Waals surface area contributed by atoms with E-state index in [1.165, 1.54) is 0 Å². The molecule has 1 fully saturated rings. The molecule has 6 nitrogen and oxygen atoms in total. The van der Waals surface area contributed by atoms with Gasteiger partial charge >= 0.3 is 4.87 Å². The van der Waals surface area contributed by atoms with E-state index < -0.39 is 0 Å². The zero-order valence-corrected chi connectivity index (χ0v) is 13.2. The number of thiazole rings is 1. The third kappa shape index (κ3) is 4.17. The summed E-state index contributed by atoms with van der Waals surface area (Å²) < 4.78 is 1.63. The second-order valence-electron chi connectivity index (χ2n) is 5.39. The van der Waals surface area contributed by atoms with Gasteiger partial charge in [-0.2, -0.15) is 0 Å². The molecule has 2 heterocycles. The fourth-order valence-corrected chi connectivity index (χ4v) is 3.29. The van der Waals surface area contributed by atoms with Crippen LogP contribution in [0.2, 0.25) is 0 Å². The molecule has 0 unspecified atom stereocenters. The topological polar surface area (TPSA) is 71.4 Å². The SMILES string of the molecule is CC(=O)N1CCC(NC(=O)CCn2c(C)csc2=O)CC1. The molecule has 2 amide bonds. The lowest BCUT2D eigenvalue weighted by molar-refractivity contribution is -0.130. The molecule has 21 heavy (non-hydrogen) atoms. The van der Waals surface area contributed by atoms with Crippen molar-refractivity contribution in [3.63, 3.8) is 0 Å². The number of rotatable bonds is 4. The minimum Gasteiger partial charge on any atom is -0.353 e. The quantitative estimate of drug-likeness (QED) is 0.891. The highest BCUT2D eigenvalue weighted by atomic mass is 32.1. The van der Waals surface area contributed by atoms with Gasteiger partial charge < -0.3 is 14.8 Å². The molecular formula is C14H21N3O3S. The van der Waals surface area contributed by atoms with E-state index in [4.69, 9.17) is 0 Å². The number of hydrogen-bond donors (Lipinski definition) is 1. The summed E-state index contributed by atoms with van der Waals surface area (Å²) in [5, 5.41) is 4.79. The van der Waals surface area contributed by atoms with Crippen LogP contribution in [0.15, 0.2) is 10.2 Å². The number of carbonyl (C=O) groups is 2. The molecular weight excluding hydrogens is 290 g/mol. The monoisotopic (exact) mass is 311 g/mol. The van der Waals surface area contributed by atoms with Crippen molar-refractivity contribution in [2.75, 3.05) is 13.1 Å². The molecule has 0 radical (unpaired) electrons. The molecule has 1 aliphatic heterocycles. The van der Waals surface area contributed by atoms with Crippen LogP contribution < -0.4 is 10.2 Å². The lowest BCUT2D eigenvalue weighted by Gasteiger charge is -2.31.